The molecule has 4 rings (SSSR count). The van der Waals surface area contributed by atoms with Crippen molar-refractivity contribution in [1.29, 1.82) is 0 Å². The number of fused-ring (bicyclic) bond motifs is 1. The van der Waals surface area contributed by atoms with Gasteiger partial charge in [-0.15, -0.1) is 11.3 Å². The number of pyridine rings is 1. The highest BCUT2D eigenvalue weighted by molar-refractivity contribution is 7.13. The molecule has 1 N–H and O–H groups in total. The lowest BCUT2D eigenvalue weighted by Gasteiger charge is -2.11. The van der Waals surface area contributed by atoms with E-state index in [1.807, 2.05) is 29.6 Å². The second-order valence-corrected chi connectivity index (χ2v) is 6.58. The van der Waals surface area contributed by atoms with Crippen molar-refractivity contribution in [3.05, 3.63) is 59.1 Å². The number of para-hydroxylation sites is 2. The topological polar surface area (TPSA) is 77.2 Å². The molecule has 0 bridgehead atoms. The average molecular weight is 365 g/mol. The SMILES string of the molecule is COc1ccccc1NC(=O)c1cc(-c2cccs2)nc2onc(C)c12. The molecule has 0 aliphatic rings. The molecule has 0 atom stereocenters. The summed E-state index contributed by atoms with van der Waals surface area (Å²) in [6.07, 6.45) is 0. The third kappa shape index (κ3) is 2.82. The summed E-state index contributed by atoms with van der Waals surface area (Å²) in [6.45, 7) is 1.79. The Morgan fingerprint density at radius 3 is 2.85 bits per heavy atom. The Kier molecular flexibility index (Phi) is 4.14. The van der Waals surface area contributed by atoms with Crippen LogP contribution in [-0.2, 0) is 0 Å². The molecule has 26 heavy (non-hydrogen) atoms. The summed E-state index contributed by atoms with van der Waals surface area (Å²) in [5.41, 5.74) is 2.70. The van der Waals surface area contributed by atoms with Crippen LogP contribution in [0.1, 0.15) is 16.1 Å². The number of carbonyl (C=O) groups excluding carboxylic acids is 1. The number of anilines is 1. The second-order valence-electron chi connectivity index (χ2n) is 5.63. The number of thiophene rings is 1. The summed E-state index contributed by atoms with van der Waals surface area (Å²) < 4.78 is 10.6. The number of nitrogens with zero attached hydrogens (tertiary/aromatic N) is 2. The van der Waals surface area contributed by atoms with Gasteiger partial charge in [-0.05, 0) is 36.6 Å². The van der Waals surface area contributed by atoms with Gasteiger partial charge in [-0.1, -0.05) is 23.4 Å². The summed E-state index contributed by atoms with van der Waals surface area (Å²) >= 11 is 1.55. The zero-order valence-corrected chi connectivity index (χ0v) is 15.0. The van der Waals surface area contributed by atoms with Crippen molar-refractivity contribution in [2.24, 2.45) is 0 Å². The Hall–Kier alpha value is -3.19. The maximum absolute atomic E-state index is 13.0. The standard InChI is InChI=1S/C19H15N3O3S/c1-11-17-12(18(23)20-13-6-3-4-7-15(13)24-2)10-14(16-8-5-9-26-16)21-19(17)25-22-11/h3-10H,1-2H3,(H,20,23). The van der Waals surface area contributed by atoms with Crippen LogP contribution in [0.25, 0.3) is 21.7 Å². The summed E-state index contributed by atoms with van der Waals surface area (Å²) in [5.74, 6) is 0.317. The summed E-state index contributed by atoms with van der Waals surface area (Å²) in [5, 5.41) is 9.43. The van der Waals surface area contributed by atoms with Crippen molar-refractivity contribution in [3.8, 4) is 16.3 Å². The molecule has 6 nitrogen and oxygen atoms in total. The maximum atomic E-state index is 13.0. The van der Waals surface area contributed by atoms with E-state index in [-0.39, 0.29) is 5.91 Å². The molecule has 0 saturated carbocycles. The normalized spacial score (nSPS) is 10.8. The molecule has 3 heterocycles. The average Bonchev–Trinajstić information content (AvgIpc) is 3.32. The molecule has 0 unspecified atom stereocenters. The van der Waals surface area contributed by atoms with Crippen LogP contribution in [0.3, 0.4) is 0 Å². The number of amides is 1. The minimum Gasteiger partial charge on any atom is -0.495 e. The molecular formula is C19H15N3O3S. The number of aryl methyl sites for hydroxylation is 1. The first-order chi connectivity index (χ1) is 12.7. The lowest BCUT2D eigenvalue weighted by atomic mass is 10.1. The number of rotatable bonds is 4. The first-order valence-electron chi connectivity index (χ1n) is 7.92. The molecule has 0 fully saturated rings. The quantitative estimate of drug-likeness (QED) is 0.575. The minimum absolute atomic E-state index is 0.272. The monoisotopic (exact) mass is 365 g/mol. The van der Waals surface area contributed by atoms with Gasteiger partial charge in [-0.2, -0.15) is 0 Å². The number of ether oxygens (including phenoxy) is 1. The molecule has 0 aliphatic carbocycles. The fourth-order valence-electron chi connectivity index (χ4n) is 2.76. The Morgan fingerprint density at radius 2 is 2.08 bits per heavy atom. The van der Waals surface area contributed by atoms with Crippen molar-refractivity contribution in [3.63, 3.8) is 0 Å². The highest BCUT2D eigenvalue weighted by atomic mass is 32.1. The van der Waals surface area contributed by atoms with Crippen LogP contribution >= 0.6 is 11.3 Å². The van der Waals surface area contributed by atoms with Gasteiger partial charge in [0, 0.05) is 0 Å². The molecule has 7 heteroatoms. The van der Waals surface area contributed by atoms with Crippen LogP contribution in [-0.4, -0.2) is 23.2 Å². The summed E-state index contributed by atoms with van der Waals surface area (Å²) in [7, 11) is 1.56. The van der Waals surface area contributed by atoms with E-state index in [2.05, 4.69) is 15.5 Å². The number of methoxy groups -OCH3 is 1. The molecule has 4 aromatic rings. The van der Waals surface area contributed by atoms with Gasteiger partial charge in [-0.3, -0.25) is 4.79 Å². The van der Waals surface area contributed by atoms with Crippen molar-refractivity contribution in [1.82, 2.24) is 10.1 Å². The van der Waals surface area contributed by atoms with Crippen LogP contribution in [0.5, 0.6) is 5.75 Å². The minimum atomic E-state index is -0.272. The number of aromatic nitrogens is 2. The van der Waals surface area contributed by atoms with Crippen molar-refractivity contribution in [2.45, 2.75) is 6.92 Å². The molecule has 3 aromatic heterocycles. The molecular weight excluding hydrogens is 350 g/mol. The van der Waals surface area contributed by atoms with E-state index in [0.717, 1.165) is 4.88 Å². The Labute approximate surface area is 153 Å². The number of hydrogen-bond donors (Lipinski definition) is 1. The number of carbonyl (C=O) groups is 1. The van der Waals surface area contributed by atoms with E-state index in [0.29, 0.717) is 39.5 Å². The smallest absolute Gasteiger partial charge is 0.259 e. The second kappa shape index (κ2) is 6.61. The van der Waals surface area contributed by atoms with E-state index in [4.69, 9.17) is 9.26 Å². The van der Waals surface area contributed by atoms with Crippen LogP contribution in [0.2, 0.25) is 0 Å². The predicted molar refractivity (Wildman–Crippen MR) is 101 cm³/mol. The van der Waals surface area contributed by atoms with Crippen LogP contribution in [0, 0.1) is 6.92 Å². The lowest BCUT2D eigenvalue weighted by Crippen LogP contribution is -2.13. The van der Waals surface area contributed by atoms with Crippen LogP contribution in [0.15, 0.2) is 52.4 Å². The van der Waals surface area contributed by atoms with Crippen molar-refractivity contribution in [2.75, 3.05) is 12.4 Å². The van der Waals surface area contributed by atoms with Gasteiger partial charge in [0.25, 0.3) is 11.6 Å². The first kappa shape index (κ1) is 16.3. The maximum Gasteiger partial charge on any atom is 0.259 e. The molecule has 130 valence electrons. The number of nitrogens with one attached hydrogen (secondary N) is 1. The molecule has 0 aliphatic heterocycles. The van der Waals surface area contributed by atoms with Crippen LogP contribution in [0.4, 0.5) is 5.69 Å². The fourth-order valence-corrected chi connectivity index (χ4v) is 3.45. The molecule has 1 amide bonds. The van der Waals surface area contributed by atoms with Crippen LogP contribution < -0.4 is 10.1 Å². The molecule has 0 spiro atoms. The van der Waals surface area contributed by atoms with E-state index in [1.54, 1.807) is 43.6 Å². The van der Waals surface area contributed by atoms with Crippen molar-refractivity contribution < 1.29 is 14.1 Å². The number of benzene rings is 1. The Balaban J connectivity index is 1.81. The van der Waals surface area contributed by atoms with Crippen molar-refractivity contribution >= 4 is 34.0 Å². The van der Waals surface area contributed by atoms with E-state index in [9.17, 15) is 4.79 Å². The Morgan fingerprint density at radius 1 is 1.23 bits per heavy atom. The third-order valence-corrected chi connectivity index (χ3v) is 4.88. The fraction of sp³-hybridized carbons (Fsp3) is 0.105. The lowest BCUT2D eigenvalue weighted by molar-refractivity contribution is 0.102. The van der Waals surface area contributed by atoms with Gasteiger partial charge in [0.2, 0.25) is 0 Å². The van der Waals surface area contributed by atoms with E-state index < -0.39 is 0 Å². The Bertz CT molecular complexity index is 1090. The van der Waals surface area contributed by atoms with Gasteiger partial charge in [0.1, 0.15) is 5.75 Å². The first-order valence-corrected chi connectivity index (χ1v) is 8.80. The van der Waals surface area contributed by atoms with E-state index >= 15 is 0 Å². The van der Waals surface area contributed by atoms with Gasteiger partial charge >= 0.3 is 0 Å². The zero-order chi connectivity index (χ0) is 18.1. The van der Waals surface area contributed by atoms with E-state index in [1.165, 1.54) is 0 Å². The third-order valence-electron chi connectivity index (χ3n) is 3.99. The van der Waals surface area contributed by atoms with Gasteiger partial charge in [0.15, 0.2) is 0 Å². The molecule has 1 aromatic carbocycles. The molecule has 0 saturated heterocycles. The van der Waals surface area contributed by atoms with Gasteiger partial charge in [0.05, 0.1) is 40.0 Å². The zero-order valence-electron chi connectivity index (χ0n) is 14.1. The van der Waals surface area contributed by atoms with Gasteiger partial charge < -0.3 is 14.6 Å². The molecule has 0 radical (unpaired) electrons. The number of hydrogen-bond acceptors (Lipinski definition) is 6. The summed E-state index contributed by atoms with van der Waals surface area (Å²) in [6, 6.07) is 12.9. The summed E-state index contributed by atoms with van der Waals surface area (Å²) in [4.78, 5) is 18.5. The highest BCUT2D eigenvalue weighted by Crippen LogP contribution is 2.31. The van der Waals surface area contributed by atoms with Gasteiger partial charge in [-0.25, -0.2) is 4.98 Å². The predicted octanol–water partition coefficient (Wildman–Crippen LogP) is 4.52. The highest BCUT2D eigenvalue weighted by Gasteiger charge is 2.20. The largest absolute Gasteiger partial charge is 0.495 e.